The molecule has 0 saturated heterocycles. The molecule has 0 aliphatic rings. The number of hydrogen-bond donors (Lipinski definition) is 1. The molecule has 1 N–H and O–H groups in total. The summed E-state index contributed by atoms with van der Waals surface area (Å²) in [5.74, 6) is 0.245. The van der Waals surface area contributed by atoms with Gasteiger partial charge >= 0.3 is 5.69 Å². The van der Waals surface area contributed by atoms with Crippen LogP contribution in [-0.4, -0.2) is 25.8 Å². The van der Waals surface area contributed by atoms with E-state index in [9.17, 15) is 18.5 Å². The summed E-state index contributed by atoms with van der Waals surface area (Å²) in [5.41, 5.74) is -0.646. The van der Waals surface area contributed by atoms with Crippen molar-refractivity contribution >= 4 is 50.5 Å². The number of rotatable bonds is 6. The lowest BCUT2D eigenvalue weighted by atomic mass is 10.3. The maximum Gasteiger partial charge on any atom is 0.307 e. The number of nitrogens with one attached hydrogen (secondary N) is 1. The molecule has 0 unspecified atom stereocenters. The number of hydrogen-bond acceptors (Lipinski definition) is 4. The van der Waals surface area contributed by atoms with Gasteiger partial charge in [-0.15, -0.1) is 11.6 Å². The fourth-order valence-electron chi connectivity index (χ4n) is 1.28. The average Bonchev–Trinajstić information content (AvgIpc) is 2.34. The third-order valence-electron chi connectivity index (χ3n) is 2.15. The number of benzene rings is 1. The van der Waals surface area contributed by atoms with E-state index in [4.69, 9.17) is 34.8 Å². The maximum absolute atomic E-state index is 12.0. The first-order valence-corrected chi connectivity index (χ1v) is 7.91. The Morgan fingerprint density at radius 1 is 1.30 bits per heavy atom. The zero-order chi connectivity index (χ0) is 15.3. The van der Waals surface area contributed by atoms with Crippen molar-refractivity contribution in [1.29, 1.82) is 0 Å². The van der Waals surface area contributed by atoms with Crippen molar-refractivity contribution in [3.05, 3.63) is 44.4 Å². The van der Waals surface area contributed by atoms with Crippen molar-refractivity contribution in [2.75, 3.05) is 12.4 Å². The lowest BCUT2D eigenvalue weighted by molar-refractivity contribution is -0.384. The molecule has 0 aromatic heterocycles. The van der Waals surface area contributed by atoms with Gasteiger partial charge in [-0.2, -0.15) is 0 Å². The van der Waals surface area contributed by atoms with Gasteiger partial charge in [-0.25, -0.2) is 13.1 Å². The number of allylic oxidation sites excluding steroid dienone is 1. The molecule has 0 amide bonds. The van der Waals surface area contributed by atoms with Crippen molar-refractivity contribution < 1.29 is 13.3 Å². The summed E-state index contributed by atoms with van der Waals surface area (Å²) in [6.45, 7) is -0.0121. The van der Waals surface area contributed by atoms with E-state index in [1.807, 2.05) is 0 Å². The van der Waals surface area contributed by atoms with E-state index in [-0.39, 0.29) is 17.4 Å². The van der Waals surface area contributed by atoms with Gasteiger partial charge in [0.15, 0.2) is 0 Å². The average molecular weight is 360 g/mol. The monoisotopic (exact) mass is 358 g/mol. The minimum absolute atomic E-state index is 0.0121. The molecule has 0 aliphatic carbocycles. The van der Waals surface area contributed by atoms with Gasteiger partial charge in [0.25, 0.3) is 0 Å². The Morgan fingerprint density at radius 2 is 1.95 bits per heavy atom. The Balaban J connectivity index is 3.16. The molecule has 1 aromatic carbocycles. The highest BCUT2D eigenvalue weighted by atomic mass is 35.5. The number of sulfonamides is 1. The fourth-order valence-corrected chi connectivity index (χ4v) is 3.27. The number of alkyl halides is 1. The first kappa shape index (κ1) is 17.2. The largest absolute Gasteiger partial charge is 0.307 e. The van der Waals surface area contributed by atoms with Gasteiger partial charge in [0.1, 0.15) is 14.9 Å². The second kappa shape index (κ2) is 7.24. The summed E-state index contributed by atoms with van der Waals surface area (Å²) in [6.07, 6.45) is 3.05. The molecule has 0 bridgehead atoms. The van der Waals surface area contributed by atoms with Crippen LogP contribution >= 0.6 is 34.8 Å². The maximum atomic E-state index is 12.0. The molecule has 1 aromatic rings. The standard InChI is InChI=1S/C10H9Cl3N2O4S/c11-5-1-2-6-14-20(18,19)8-4-3-7(12)10(9(8)13)15(16)17/h1-4,14H,5-6H2/b2-1+. The van der Waals surface area contributed by atoms with Crippen molar-refractivity contribution in [3.8, 4) is 0 Å². The van der Waals surface area contributed by atoms with Crippen LogP contribution in [-0.2, 0) is 10.0 Å². The Hall–Kier alpha value is -0.860. The first-order chi connectivity index (χ1) is 9.31. The van der Waals surface area contributed by atoms with Crippen molar-refractivity contribution in [2.45, 2.75) is 4.90 Å². The van der Waals surface area contributed by atoms with Crippen LogP contribution in [0.5, 0.6) is 0 Å². The van der Waals surface area contributed by atoms with Gasteiger partial charge in [-0.1, -0.05) is 35.4 Å². The number of halogens is 3. The molecule has 1 rings (SSSR count). The highest BCUT2D eigenvalue weighted by Crippen LogP contribution is 2.36. The zero-order valence-electron chi connectivity index (χ0n) is 9.85. The molecule has 0 aliphatic heterocycles. The van der Waals surface area contributed by atoms with Gasteiger partial charge in [-0.3, -0.25) is 10.1 Å². The lowest BCUT2D eigenvalue weighted by Crippen LogP contribution is -2.24. The molecular weight excluding hydrogens is 351 g/mol. The van der Waals surface area contributed by atoms with Crippen LogP contribution in [0.1, 0.15) is 0 Å². The van der Waals surface area contributed by atoms with Crippen LogP contribution in [0.2, 0.25) is 10.0 Å². The summed E-state index contributed by atoms with van der Waals surface area (Å²) >= 11 is 16.8. The molecular formula is C10H9Cl3N2O4S. The topological polar surface area (TPSA) is 89.3 Å². The normalized spacial score (nSPS) is 11.9. The smallest absolute Gasteiger partial charge is 0.258 e. The van der Waals surface area contributed by atoms with Crippen LogP contribution < -0.4 is 4.72 Å². The quantitative estimate of drug-likeness (QED) is 0.366. The minimum Gasteiger partial charge on any atom is -0.258 e. The van der Waals surface area contributed by atoms with E-state index in [0.29, 0.717) is 0 Å². The Labute approximate surface area is 130 Å². The van der Waals surface area contributed by atoms with Crippen molar-refractivity contribution in [3.63, 3.8) is 0 Å². The molecule has 20 heavy (non-hydrogen) atoms. The Bertz CT molecular complexity index is 646. The highest BCUT2D eigenvalue weighted by Gasteiger charge is 2.27. The lowest BCUT2D eigenvalue weighted by Gasteiger charge is -2.07. The Morgan fingerprint density at radius 3 is 2.50 bits per heavy atom. The van der Waals surface area contributed by atoms with E-state index in [0.717, 1.165) is 12.1 Å². The highest BCUT2D eigenvalue weighted by molar-refractivity contribution is 7.89. The first-order valence-electron chi connectivity index (χ1n) is 5.14. The van der Waals surface area contributed by atoms with E-state index in [1.54, 1.807) is 6.08 Å². The number of nitro groups is 1. The molecule has 6 nitrogen and oxygen atoms in total. The molecule has 0 heterocycles. The predicted octanol–water partition coefficient (Wildman–Crippen LogP) is 2.97. The van der Waals surface area contributed by atoms with E-state index in [2.05, 4.69) is 4.72 Å². The number of nitrogens with zero attached hydrogens (tertiary/aromatic N) is 1. The van der Waals surface area contributed by atoms with Gasteiger partial charge < -0.3 is 0 Å². The predicted molar refractivity (Wildman–Crippen MR) is 78.2 cm³/mol. The third kappa shape index (κ3) is 4.07. The summed E-state index contributed by atoms with van der Waals surface area (Å²) in [5, 5.41) is 10.1. The van der Waals surface area contributed by atoms with Crippen molar-refractivity contribution in [1.82, 2.24) is 4.72 Å². The molecule has 0 fully saturated rings. The summed E-state index contributed by atoms with van der Waals surface area (Å²) in [4.78, 5) is 9.57. The second-order valence-corrected chi connectivity index (χ2v) is 6.27. The molecule has 0 saturated carbocycles. The van der Waals surface area contributed by atoms with Gasteiger partial charge in [0.2, 0.25) is 10.0 Å². The summed E-state index contributed by atoms with van der Waals surface area (Å²) in [6, 6.07) is 2.21. The molecule has 0 atom stereocenters. The second-order valence-electron chi connectivity index (χ2n) is 3.44. The third-order valence-corrected chi connectivity index (χ3v) is 4.59. The SMILES string of the molecule is O=[N+]([O-])c1c(Cl)ccc(S(=O)(=O)NC/C=C/CCl)c1Cl. The van der Waals surface area contributed by atoms with Crippen LogP contribution in [0.25, 0.3) is 0 Å². The van der Waals surface area contributed by atoms with E-state index in [1.165, 1.54) is 6.08 Å². The van der Waals surface area contributed by atoms with Crippen LogP contribution in [0.4, 0.5) is 5.69 Å². The summed E-state index contributed by atoms with van der Waals surface area (Å²) < 4.78 is 26.2. The molecule has 110 valence electrons. The van der Waals surface area contributed by atoms with E-state index < -0.39 is 30.6 Å². The minimum atomic E-state index is -3.98. The molecule has 10 heteroatoms. The van der Waals surface area contributed by atoms with Gasteiger partial charge in [0, 0.05) is 12.4 Å². The van der Waals surface area contributed by atoms with Crippen molar-refractivity contribution in [2.24, 2.45) is 0 Å². The summed E-state index contributed by atoms with van der Waals surface area (Å²) in [7, 11) is -3.98. The zero-order valence-corrected chi connectivity index (χ0v) is 12.9. The molecule has 0 spiro atoms. The number of nitro benzene ring substituents is 1. The Kier molecular flexibility index (Phi) is 6.22. The van der Waals surface area contributed by atoms with Crippen LogP contribution in [0.15, 0.2) is 29.2 Å². The van der Waals surface area contributed by atoms with Crippen LogP contribution in [0.3, 0.4) is 0 Å². The van der Waals surface area contributed by atoms with Gasteiger partial charge in [-0.05, 0) is 12.1 Å². The fraction of sp³-hybridized carbons (Fsp3) is 0.200. The van der Waals surface area contributed by atoms with Gasteiger partial charge in [0.05, 0.1) is 4.92 Å². The molecule has 0 radical (unpaired) electrons. The van der Waals surface area contributed by atoms with E-state index >= 15 is 0 Å². The van der Waals surface area contributed by atoms with Crippen LogP contribution in [0, 0.1) is 10.1 Å².